The van der Waals surface area contributed by atoms with Gasteiger partial charge in [0, 0.05) is 19.1 Å². The normalized spacial score (nSPS) is 30.7. The Bertz CT molecular complexity index is 242. The Hall–Kier alpha value is -0.610. The van der Waals surface area contributed by atoms with Gasteiger partial charge >= 0.3 is 0 Å². The number of piperidine rings is 1. The van der Waals surface area contributed by atoms with Crippen LogP contribution in [0.25, 0.3) is 0 Å². The molecule has 15 heavy (non-hydrogen) atoms. The minimum Gasteiger partial charge on any atom is -0.337 e. The molecular weight excluding hydrogens is 190 g/mol. The molecule has 2 aliphatic rings. The van der Waals surface area contributed by atoms with Crippen molar-refractivity contribution >= 4 is 5.91 Å². The Morgan fingerprint density at radius 1 is 1.47 bits per heavy atom. The highest BCUT2D eigenvalue weighted by atomic mass is 16.2. The van der Waals surface area contributed by atoms with Crippen molar-refractivity contribution < 1.29 is 4.79 Å². The topological polar surface area (TPSA) is 35.6 Å². The monoisotopic (exact) mass is 211 g/mol. The van der Waals surface area contributed by atoms with Gasteiger partial charge in [0.1, 0.15) is 0 Å². The van der Waals surface area contributed by atoms with Crippen molar-refractivity contribution in [2.24, 2.45) is 5.92 Å². The second-order valence-corrected chi connectivity index (χ2v) is 4.93. The summed E-state index contributed by atoms with van der Waals surface area (Å²) in [5, 5.41) is 3.39. The third-order valence-electron chi connectivity index (χ3n) is 3.50. The summed E-state index contributed by atoms with van der Waals surface area (Å²) in [7, 11) is 3.90. The third kappa shape index (κ3) is 2.32. The molecule has 2 heterocycles. The second-order valence-electron chi connectivity index (χ2n) is 4.93. The Balaban J connectivity index is 1.95. The Morgan fingerprint density at radius 2 is 2.27 bits per heavy atom. The van der Waals surface area contributed by atoms with Gasteiger partial charge in [-0.2, -0.15) is 0 Å². The van der Waals surface area contributed by atoms with Gasteiger partial charge in [0.25, 0.3) is 0 Å². The molecule has 0 aromatic heterocycles. The number of carbonyl (C=O) groups excluding carboxylic acids is 1. The molecule has 4 heteroatoms. The zero-order chi connectivity index (χ0) is 10.8. The fourth-order valence-electron chi connectivity index (χ4n) is 2.74. The van der Waals surface area contributed by atoms with E-state index in [-0.39, 0.29) is 5.91 Å². The number of nitrogens with one attached hydrogen (secondary N) is 1. The molecule has 1 amide bonds. The maximum atomic E-state index is 12.0. The highest BCUT2D eigenvalue weighted by molar-refractivity contribution is 5.79. The van der Waals surface area contributed by atoms with Crippen molar-refractivity contribution in [1.29, 1.82) is 0 Å². The van der Waals surface area contributed by atoms with Crippen LogP contribution in [0.2, 0.25) is 0 Å². The van der Waals surface area contributed by atoms with Crippen LogP contribution in [0, 0.1) is 5.92 Å². The summed E-state index contributed by atoms with van der Waals surface area (Å²) < 4.78 is 0. The first-order valence-corrected chi connectivity index (χ1v) is 5.83. The maximum absolute atomic E-state index is 12.0. The third-order valence-corrected chi connectivity index (χ3v) is 3.50. The van der Waals surface area contributed by atoms with Gasteiger partial charge in [0.15, 0.2) is 0 Å². The van der Waals surface area contributed by atoms with Gasteiger partial charge in [-0.15, -0.1) is 0 Å². The molecule has 86 valence electrons. The van der Waals surface area contributed by atoms with E-state index in [9.17, 15) is 4.79 Å². The number of nitrogens with zero attached hydrogens (tertiary/aromatic N) is 2. The Morgan fingerprint density at radius 3 is 3.00 bits per heavy atom. The molecule has 0 saturated carbocycles. The van der Waals surface area contributed by atoms with Gasteiger partial charge in [-0.25, -0.2) is 0 Å². The van der Waals surface area contributed by atoms with Gasteiger partial charge in [0.05, 0.1) is 6.54 Å². The molecular formula is C11H21N3O. The van der Waals surface area contributed by atoms with Crippen LogP contribution in [0.1, 0.15) is 12.8 Å². The largest absolute Gasteiger partial charge is 0.337 e. The highest BCUT2D eigenvalue weighted by Gasteiger charge is 2.37. The number of amides is 1. The Labute approximate surface area is 91.6 Å². The molecule has 0 unspecified atom stereocenters. The summed E-state index contributed by atoms with van der Waals surface area (Å²) in [6.07, 6.45) is 2.43. The van der Waals surface area contributed by atoms with E-state index in [4.69, 9.17) is 0 Å². The van der Waals surface area contributed by atoms with Crippen molar-refractivity contribution in [1.82, 2.24) is 15.1 Å². The minimum atomic E-state index is 0.288. The van der Waals surface area contributed by atoms with Crippen LogP contribution < -0.4 is 5.32 Å². The average molecular weight is 211 g/mol. The number of likely N-dealkylation sites (tertiary alicyclic amines) is 1. The van der Waals surface area contributed by atoms with E-state index in [1.54, 1.807) is 0 Å². The van der Waals surface area contributed by atoms with Crippen LogP contribution in [0.15, 0.2) is 0 Å². The van der Waals surface area contributed by atoms with E-state index >= 15 is 0 Å². The first-order chi connectivity index (χ1) is 7.18. The standard InChI is InChI=1S/C11H21N3O/c1-13(2)8-11(15)14-6-4-9-3-5-12-7-10(9)14/h9-10,12H,3-8H2,1-2H3/t9-,10-/m1/s1. The van der Waals surface area contributed by atoms with Gasteiger partial charge in [-0.05, 0) is 39.4 Å². The van der Waals surface area contributed by atoms with Gasteiger partial charge in [-0.3, -0.25) is 4.79 Å². The van der Waals surface area contributed by atoms with Crippen LogP contribution in [0.5, 0.6) is 0 Å². The molecule has 0 radical (unpaired) electrons. The predicted octanol–water partition coefficient (Wildman–Crippen LogP) is -0.242. The van der Waals surface area contributed by atoms with Crippen LogP contribution >= 0.6 is 0 Å². The van der Waals surface area contributed by atoms with Crippen molar-refractivity contribution in [3.05, 3.63) is 0 Å². The number of likely N-dealkylation sites (N-methyl/N-ethyl adjacent to an activating group) is 1. The minimum absolute atomic E-state index is 0.288. The Kier molecular flexibility index (Phi) is 3.26. The fraction of sp³-hybridized carbons (Fsp3) is 0.909. The first kappa shape index (κ1) is 10.9. The summed E-state index contributed by atoms with van der Waals surface area (Å²) in [6.45, 7) is 3.62. The van der Waals surface area contributed by atoms with E-state index in [0.717, 1.165) is 25.6 Å². The van der Waals surface area contributed by atoms with Crippen LogP contribution in [-0.2, 0) is 4.79 Å². The van der Waals surface area contributed by atoms with E-state index in [2.05, 4.69) is 10.2 Å². The van der Waals surface area contributed by atoms with Crippen LogP contribution in [0.4, 0.5) is 0 Å². The summed E-state index contributed by atoms with van der Waals surface area (Å²) in [5.74, 6) is 1.04. The average Bonchev–Trinajstić information content (AvgIpc) is 2.59. The molecule has 1 N–H and O–H groups in total. The highest BCUT2D eigenvalue weighted by Crippen LogP contribution is 2.28. The number of carbonyl (C=O) groups is 1. The first-order valence-electron chi connectivity index (χ1n) is 5.83. The van der Waals surface area contributed by atoms with E-state index in [0.29, 0.717) is 12.6 Å². The lowest BCUT2D eigenvalue weighted by molar-refractivity contribution is -0.133. The predicted molar refractivity (Wildman–Crippen MR) is 59.6 cm³/mol. The van der Waals surface area contributed by atoms with Crippen molar-refractivity contribution in [2.75, 3.05) is 40.3 Å². The van der Waals surface area contributed by atoms with Crippen molar-refractivity contribution in [3.63, 3.8) is 0 Å². The quantitative estimate of drug-likeness (QED) is 0.684. The molecule has 0 spiro atoms. The van der Waals surface area contributed by atoms with Gasteiger partial charge in [-0.1, -0.05) is 0 Å². The molecule has 2 fully saturated rings. The maximum Gasteiger partial charge on any atom is 0.237 e. The van der Waals surface area contributed by atoms with E-state index < -0.39 is 0 Å². The molecule has 0 aliphatic carbocycles. The molecule has 0 aromatic carbocycles. The molecule has 2 atom stereocenters. The van der Waals surface area contributed by atoms with Gasteiger partial charge in [0.2, 0.25) is 5.91 Å². The number of fused-ring (bicyclic) bond motifs is 1. The van der Waals surface area contributed by atoms with E-state index in [1.165, 1.54) is 12.8 Å². The zero-order valence-corrected chi connectivity index (χ0v) is 9.70. The molecule has 0 bridgehead atoms. The number of hydrogen-bond donors (Lipinski definition) is 1. The molecule has 2 aliphatic heterocycles. The second kappa shape index (κ2) is 4.49. The fourth-order valence-corrected chi connectivity index (χ4v) is 2.74. The van der Waals surface area contributed by atoms with Crippen molar-refractivity contribution in [3.8, 4) is 0 Å². The zero-order valence-electron chi connectivity index (χ0n) is 9.70. The van der Waals surface area contributed by atoms with E-state index in [1.807, 2.05) is 19.0 Å². The summed E-state index contributed by atoms with van der Waals surface area (Å²) in [4.78, 5) is 16.0. The lowest BCUT2D eigenvalue weighted by Crippen LogP contribution is -2.49. The number of hydrogen-bond acceptors (Lipinski definition) is 3. The summed E-state index contributed by atoms with van der Waals surface area (Å²) >= 11 is 0. The SMILES string of the molecule is CN(C)CC(=O)N1CC[C@H]2CCNC[C@H]21. The summed E-state index contributed by atoms with van der Waals surface area (Å²) in [5.41, 5.74) is 0. The summed E-state index contributed by atoms with van der Waals surface area (Å²) in [6, 6.07) is 0.464. The van der Waals surface area contributed by atoms with Gasteiger partial charge < -0.3 is 15.1 Å². The van der Waals surface area contributed by atoms with Crippen LogP contribution in [-0.4, -0.2) is 62.0 Å². The van der Waals surface area contributed by atoms with Crippen LogP contribution in [0.3, 0.4) is 0 Å². The lowest BCUT2D eigenvalue weighted by Gasteiger charge is -2.32. The molecule has 2 saturated heterocycles. The smallest absolute Gasteiger partial charge is 0.237 e. The molecule has 2 rings (SSSR count). The molecule has 4 nitrogen and oxygen atoms in total. The number of rotatable bonds is 2. The lowest BCUT2D eigenvalue weighted by atomic mass is 9.93. The van der Waals surface area contributed by atoms with Crippen molar-refractivity contribution in [2.45, 2.75) is 18.9 Å². The molecule has 0 aromatic rings.